The molecule has 1 aliphatic carbocycles. The van der Waals surface area contributed by atoms with E-state index in [0.717, 1.165) is 42.8 Å². The molecule has 9 heteroatoms. The lowest BCUT2D eigenvalue weighted by molar-refractivity contribution is -0.384. The number of esters is 1. The predicted molar refractivity (Wildman–Crippen MR) is 139 cm³/mol. The molecule has 2 aromatic carbocycles. The van der Waals surface area contributed by atoms with Crippen molar-refractivity contribution in [3.05, 3.63) is 92.8 Å². The number of ether oxygens (including phenoxy) is 2. The van der Waals surface area contributed by atoms with Crippen LogP contribution in [-0.4, -0.2) is 33.9 Å². The number of aromatic nitrogens is 2. The Morgan fingerprint density at radius 3 is 2.62 bits per heavy atom. The van der Waals surface area contributed by atoms with Crippen molar-refractivity contribution in [1.29, 1.82) is 0 Å². The third kappa shape index (κ3) is 4.94. The smallest absolute Gasteiger partial charge is 0.336 e. The summed E-state index contributed by atoms with van der Waals surface area (Å²) in [6, 6.07) is 15.8. The maximum Gasteiger partial charge on any atom is 0.336 e. The summed E-state index contributed by atoms with van der Waals surface area (Å²) < 4.78 is 13.2. The second kappa shape index (κ2) is 10.5. The Morgan fingerprint density at radius 2 is 1.89 bits per heavy atom. The lowest BCUT2D eigenvalue weighted by atomic mass is 9.79. The minimum atomic E-state index is -0.539. The zero-order valence-electron chi connectivity index (χ0n) is 21.0. The largest absolute Gasteiger partial charge is 0.490 e. The number of nitro groups is 1. The molecule has 0 radical (unpaired) electrons. The van der Waals surface area contributed by atoms with Gasteiger partial charge in [0.15, 0.2) is 0 Å². The molecule has 1 saturated carbocycles. The first-order valence-corrected chi connectivity index (χ1v) is 12.6. The highest BCUT2D eigenvalue weighted by Gasteiger charge is 2.40. The summed E-state index contributed by atoms with van der Waals surface area (Å²) in [5.74, 6) is 0.768. The van der Waals surface area contributed by atoms with E-state index < -0.39 is 16.8 Å². The number of carbonyl (C=O) groups excluding carboxylic acids is 1. The fourth-order valence-corrected chi connectivity index (χ4v) is 5.41. The number of benzene rings is 2. The van der Waals surface area contributed by atoms with Crippen LogP contribution in [0.4, 0.5) is 11.5 Å². The number of nitrogens with zero attached hydrogens (tertiary/aromatic N) is 3. The molecule has 1 unspecified atom stereocenters. The number of non-ortho nitro benzene ring substituents is 1. The van der Waals surface area contributed by atoms with Gasteiger partial charge < -0.3 is 14.8 Å². The minimum Gasteiger partial charge on any atom is -0.490 e. The Morgan fingerprint density at radius 1 is 1.14 bits per heavy atom. The van der Waals surface area contributed by atoms with Crippen molar-refractivity contribution in [2.75, 3.05) is 18.5 Å². The summed E-state index contributed by atoms with van der Waals surface area (Å²) in [7, 11) is 1.88. The summed E-state index contributed by atoms with van der Waals surface area (Å²) in [5, 5.41) is 19.8. The summed E-state index contributed by atoms with van der Waals surface area (Å²) in [4.78, 5) is 24.7. The third-order valence-electron chi connectivity index (χ3n) is 7.10. The molecule has 192 valence electrons. The molecule has 3 aromatic rings. The summed E-state index contributed by atoms with van der Waals surface area (Å²) in [6.45, 7) is 2.11. The van der Waals surface area contributed by atoms with Gasteiger partial charge in [-0.25, -0.2) is 4.79 Å². The Kier molecular flexibility index (Phi) is 6.94. The van der Waals surface area contributed by atoms with Crippen LogP contribution in [0.1, 0.15) is 61.3 Å². The number of allylic oxidation sites excluding steroid dienone is 1. The van der Waals surface area contributed by atoms with Crippen molar-refractivity contribution >= 4 is 17.5 Å². The van der Waals surface area contributed by atoms with Crippen LogP contribution in [0.5, 0.6) is 5.75 Å². The van der Waals surface area contributed by atoms with E-state index in [-0.39, 0.29) is 24.8 Å². The molecule has 1 atom stereocenters. The first-order valence-electron chi connectivity index (χ1n) is 12.6. The molecular weight excluding hydrogens is 472 g/mol. The van der Waals surface area contributed by atoms with Crippen molar-refractivity contribution < 1.29 is 19.2 Å². The van der Waals surface area contributed by atoms with E-state index in [1.54, 1.807) is 12.1 Å². The maximum atomic E-state index is 13.5. The van der Waals surface area contributed by atoms with E-state index in [2.05, 4.69) is 5.32 Å². The first-order chi connectivity index (χ1) is 17.9. The third-order valence-corrected chi connectivity index (χ3v) is 7.10. The molecule has 0 amide bonds. The number of rotatable bonds is 8. The zero-order valence-corrected chi connectivity index (χ0v) is 21.0. The maximum absolute atomic E-state index is 13.5. The van der Waals surface area contributed by atoms with Gasteiger partial charge in [-0.05, 0) is 37.5 Å². The van der Waals surface area contributed by atoms with Crippen LogP contribution in [0.15, 0.2) is 65.9 Å². The standard InChI is InChI=1S/C28H30N4O5/c1-18-23(28(33)37-16-15-36-22-13-4-3-5-14-22)24(20-11-8-12-21(17-20)32(34)35)25-26(19-9-6-7-10-19)30-31(2)27(25)29-18/h3-5,8,11-14,17,19,24,29H,6-7,9-10,15-16H2,1-2H3. The molecule has 2 heterocycles. The molecule has 0 bridgehead atoms. The van der Waals surface area contributed by atoms with Crippen LogP contribution in [0.3, 0.4) is 0 Å². The quantitative estimate of drug-likeness (QED) is 0.189. The van der Waals surface area contributed by atoms with Crippen LogP contribution in [-0.2, 0) is 16.6 Å². The van der Waals surface area contributed by atoms with Gasteiger partial charge in [-0.15, -0.1) is 0 Å². The molecule has 1 aromatic heterocycles. The van der Waals surface area contributed by atoms with Crippen LogP contribution >= 0.6 is 0 Å². The molecule has 0 saturated heterocycles. The predicted octanol–water partition coefficient (Wildman–Crippen LogP) is 5.44. The van der Waals surface area contributed by atoms with Crippen LogP contribution in [0.2, 0.25) is 0 Å². The van der Waals surface area contributed by atoms with Gasteiger partial charge in [-0.2, -0.15) is 5.10 Å². The zero-order chi connectivity index (χ0) is 25.9. The van der Waals surface area contributed by atoms with Gasteiger partial charge in [0.05, 0.1) is 16.2 Å². The highest BCUT2D eigenvalue weighted by atomic mass is 16.6. The fraction of sp³-hybridized carbons (Fsp3) is 0.357. The normalized spacial score (nSPS) is 17.3. The monoisotopic (exact) mass is 502 g/mol. The summed E-state index contributed by atoms with van der Waals surface area (Å²) in [5.41, 5.74) is 3.55. The molecule has 1 fully saturated rings. The number of carbonyl (C=O) groups is 1. The van der Waals surface area contributed by atoms with E-state index in [4.69, 9.17) is 14.6 Å². The average Bonchev–Trinajstić information content (AvgIpc) is 3.55. The number of hydrogen-bond donors (Lipinski definition) is 1. The van der Waals surface area contributed by atoms with E-state index in [1.807, 2.05) is 55.1 Å². The second-order valence-electron chi connectivity index (χ2n) is 9.50. The van der Waals surface area contributed by atoms with E-state index in [9.17, 15) is 14.9 Å². The number of anilines is 1. The van der Waals surface area contributed by atoms with Gasteiger partial charge in [0, 0.05) is 42.3 Å². The van der Waals surface area contributed by atoms with Gasteiger partial charge >= 0.3 is 5.97 Å². The van der Waals surface area contributed by atoms with Crippen molar-refractivity contribution in [3.63, 3.8) is 0 Å². The fourth-order valence-electron chi connectivity index (χ4n) is 5.41. The molecule has 1 N–H and O–H groups in total. The van der Waals surface area contributed by atoms with Crippen LogP contribution in [0, 0.1) is 10.1 Å². The molecule has 9 nitrogen and oxygen atoms in total. The molecular formula is C28H30N4O5. The number of fused-ring (bicyclic) bond motifs is 1. The first kappa shape index (κ1) is 24.5. The number of hydrogen-bond acceptors (Lipinski definition) is 7. The summed E-state index contributed by atoms with van der Waals surface area (Å²) >= 11 is 0. The van der Waals surface area contributed by atoms with Gasteiger partial charge in [0.25, 0.3) is 5.69 Å². The van der Waals surface area contributed by atoms with Crippen LogP contribution in [0.25, 0.3) is 0 Å². The van der Waals surface area contributed by atoms with Gasteiger partial charge in [0.2, 0.25) is 0 Å². The van der Waals surface area contributed by atoms with E-state index >= 15 is 0 Å². The Labute approximate surface area is 215 Å². The lowest BCUT2D eigenvalue weighted by Crippen LogP contribution is -2.26. The molecule has 2 aliphatic rings. The van der Waals surface area contributed by atoms with E-state index in [1.165, 1.54) is 6.07 Å². The molecule has 5 rings (SSSR count). The molecule has 1 aliphatic heterocycles. The highest BCUT2D eigenvalue weighted by molar-refractivity contribution is 5.94. The van der Waals surface area contributed by atoms with Crippen molar-refractivity contribution in [2.45, 2.75) is 44.4 Å². The number of nitrogens with one attached hydrogen (secondary N) is 1. The number of para-hydroxylation sites is 1. The van der Waals surface area contributed by atoms with Crippen molar-refractivity contribution in [1.82, 2.24) is 9.78 Å². The topological polar surface area (TPSA) is 109 Å². The SMILES string of the molecule is CC1=C(C(=O)OCCOc2ccccc2)C(c2cccc([N+](=O)[O-])c2)c2c(C3CCCC3)nn(C)c2N1. The Hall–Kier alpha value is -4.14. The number of aryl methyl sites for hydroxylation is 1. The number of nitro benzene ring substituents is 1. The van der Waals surface area contributed by atoms with Gasteiger partial charge in [-0.3, -0.25) is 14.8 Å². The molecule has 0 spiro atoms. The Balaban J connectivity index is 1.49. The summed E-state index contributed by atoms with van der Waals surface area (Å²) in [6.07, 6.45) is 4.33. The van der Waals surface area contributed by atoms with Crippen molar-refractivity contribution in [2.24, 2.45) is 7.05 Å². The van der Waals surface area contributed by atoms with E-state index in [0.29, 0.717) is 22.6 Å². The highest BCUT2D eigenvalue weighted by Crippen LogP contribution is 2.48. The second-order valence-corrected chi connectivity index (χ2v) is 9.50. The van der Waals surface area contributed by atoms with Crippen LogP contribution < -0.4 is 10.1 Å². The lowest BCUT2D eigenvalue weighted by Gasteiger charge is -2.29. The molecule has 37 heavy (non-hydrogen) atoms. The van der Waals surface area contributed by atoms with Gasteiger partial charge in [0.1, 0.15) is 24.8 Å². The van der Waals surface area contributed by atoms with Gasteiger partial charge in [-0.1, -0.05) is 43.2 Å². The Bertz CT molecular complexity index is 1340. The van der Waals surface area contributed by atoms with Crippen molar-refractivity contribution in [3.8, 4) is 5.75 Å². The minimum absolute atomic E-state index is 0.0227. The average molecular weight is 503 g/mol.